The summed E-state index contributed by atoms with van der Waals surface area (Å²) in [7, 11) is 1.51. The molecule has 1 aromatic heterocycles. The summed E-state index contributed by atoms with van der Waals surface area (Å²) >= 11 is 0. The van der Waals surface area contributed by atoms with Gasteiger partial charge in [0.25, 0.3) is 0 Å². The van der Waals surface area contributed by atoms with Crippen molar-refractivity contribution in [3.05, 3.63) is 59.7 Å². The van der Waals surface area contributed by atoms with Crippen LogP contribution in [0.15, 0.2) is 42.7 Å². The third-order valence-electron chi connectivity index (χ3n) is 4.01. The number of carbonyl (C=O) groups is 1. The Balaban J connectivity index is 1.49. The molecule has 2 amide bonds. The lowest BCUT2D eigenvalue weighted by molar-refractivity contribution is 0.235. The minimum Gasteiger partial charge on any atom is -0.497 e. The first-order chi connectivity index (χ1) is 12.2. The van der Waals surface area contributed by atoms with Crippen LogP contribution in [-0.2, 0) is 6.54 Å². The molecule has 2 unspecified atom stereocenters. The second-order valence-corrected chi connectivity index (χ2v) is 5.69. The van der Waals surface area contributed by atoms with E-state index in [1.807, 2.05) is 12.1 Å². The van der Waals surface area contributed by atoms with Gasteiger partial charge in [-0.3, -0.25) is 4.98 Å². The van der Waals surface area contributed by atoms with E-state index in [0.29, 0.717) is 17.7 Å². The van der Waals surface area contributed by atoms with Crippen LogP contribution in [0.2, 0.25) is 0 Å². The number of hydrogen-bond donors (Lipinski definition) is 4. The summed E-state index contributed by atoms with van der Waals surface area (Å²) in [4.78, 5) is 16.0. The van der Waals surface area contributed by atoms with E-state index in [-0.39, 0.29) is 30.6 Å². The second kappa shape index (κ2) is 7.91. The van der Waals surface area contributed by atoms with Crippen LogP contribution in [0.5, 0.6) is 5.75 Å². The Morgan fingerprint density at radius 2 is 2.12 bits per heavy atom. The van der Waals surface area contributed by atoms with Crippen molar-refractivity contribution >= 4 is 6.03 Å². The first kappa shape index (κ1) is 17.1. The van der Waals surface area contributed by atoms with E-state index in [0.717, 1.165) is 5.56 Å². The molecule has 1 aromatic carbocycles. The molecular formula is C17H20FN5O2. The highest BCUT2D eigenvalue weighted by Gasteiger charge is 2.25. The number of ether oxygens (including phenoxy) is 1. The highest BCUT2D eigenvalue weighted by atomic mass is 19.1. The summed E-state index contributed by atoms with van der Waals surface area (Å²) < 4.78 is 18.8. The van der Waals surface area contributed by atoms with Crippen molar-refractivity contribution in [2.24, 2.45) is 0 Å². The highest BCUT2D eigenvalue weighted by molar-refractivity contribution is 5.74. The quantitative estimate of drug-likeness (QED) is 0.661. The smallest absolute Gasteiger partial charge is 0.316 e. The molecule has 0 spiro atoms. The van der Waals surface area contributed by atoms with E-state index in [4.69, 9.17) is 4.74 Å². The highest BCUT2D eigenvalue weighted by Crippen LogP contribution is 2.20. The van der Waals surface area contributed by atoms with Crippen molar-refractivity contribution in [2.45, 2.75) is 25.2 Å². The Labute approximate surface area is 145 Å². The van der Waals surface area contributed by atoms with Crippen LogP contribution >= 0.6 is 0 Å². The Morgan fingerprint density at radius 3 is 2.88 bits per heavy atom. The predicted molar refractivity (Wildman–Crippen MR) is 90.0 cm³/mol. The van der Waals surface area contributed by atoms with Gasteiger partial charge in [0, 0.05) is 37.0 Å². The van der Waals surface area contributed by atoms with Gasteiger partial charge < -0.3 is 15.4 Å². The van der Waals surface area contributed by atoms with Gasteiger partial charge in [0.2, 0.25) is 0 Å². The van der Waals surface area contributed by atoms with E-state index in [2.05, 4.69) is 26.5 Å². The average Bonchev–Trinajstić information content (AvgIpc) is 3.10. The lowest BCUT2D eigenvalue weighted by Gasteiger charge is -2.14. The van der Waals surface area contributed by atoms with Crippen molar-refractivity contribution in [1.82, 2.24) is 26.5 Å². The maximum Gasteiger partial charge on any atom is 0.316 e. The van der Waals surface area contributed by atoms with Crippen molar-refractivity contribution in [3.63, 3.8) is 0 Å². The molecular weight excluding hydrogens is 325 g/mol. The van der Waals surface area contributed by atoms with E-state index >= 15 is 0 Å². The lowest BCUT2D eigenvalue weighted by Crippen LogP contribution is -2.48. The molecule has 1 fully saturated rings. The van der Waals surface area contributed by atoms with E-state index < -0.39 is 0 Å². The fourth-order valence-corrected chi connectivity index (χ4v) is 2.66. The van der Waals surface area contributed by atoms with Gasteiger partial charge in [-0.1, -0.05) is 0 Å². The second-order valence-electron chi connectivity index (χ2n) is 5.69. The van der Waals surface area contributed by atoms with Gasteiger partial charge in [-0.2, -0.15) is 0 Å². The number of urea groups is 1. The summed E-state index contributed by atoms with van der Waals surface area (Å²) in [5.74, 6) is 0.153. The molecule has 25 heavy (non-hydrogen) atoms. The van der Waals surface area contributed by atoms with Crippen molar-refractivity contribution in [2.75, 3.05) is 7.11 Å². The normalized spacial score (nSPS) is 19.4. The van der Waals surface area contributed by atoms with Crippen molar-refractivity contribution in [1.29, 1.82) is 0 Å². The molecule has 0 radical (unpaired) electrons. The van der Waals surface area contributed by atoms with Crippen LogP contribution in [0.1, 0.15) is 23.6 Å². The largest absolute Gasteiger partial charge is 0.497 e. The molecule has 2 atom stereocenters. The summed E-state index contributed by atoms with van der Waals surface area (Å²) in [6.07, 6.45) is 3.92. The number of pyridine rings is 1. The zero-order chi connectivity index (χ0) is 17.6. The maximum absolute atomic E-state index is 13.7. The number of hydrazine groups is 1. The number of nitrogens with one attached hydrogen (secondary N) is 4. The minimum atomic E-state index is -0.389. The molecule has 7 nitrogen and oxygen atoms in total. The summed E-state index contributed by atoms with van der Waals surface area (Å²) in [6, 6.07) is 7.97. The Hall–Kier alpha value is -2.71. The van der Waals surface area contributed by atoms with E-state index in [1.54, 1.807) is 18.5 Å². The molecule has 1 saturated heterocycles. The number of aromatic nitrogens is 1. The Bertz CT molecular complexity index is 728. The summed E-state index contributed by atoms with van der Waals surface area (Å²) in [5, 5.41) is 5.45. The molecule has 4 N–H and O–H groups in total. The summed E-state index contributed by atoms with van der Waals surface area (Å²) in [6.45, 7) is 0.0722. The number of carbonyl (C=O) groups excluding carboxylic acids is 1. The molecule has 1 aliphatic heterocycles. The van der Waals surface area contributed by atoms with Gasteiger partial charge in [0.1, 0.15) is 11.6 Å². The fraction of sp³-hybridized carbons (Fsp3) is 0.294. The first-order valence-corrected chi connectivity index (χ1v) is 7.93. The van der Waals surface area contributed by atoms with Crippen LogP contribution in [0.25, 0.3) is 0 Å². The Kier molecular flexibility index (Phi) is 5.42. The number of benzene rings is 1. The summed E-state index contributed by atoms with van der Waals surface area (Å²) in [5.41, 5.74) is 7.61. The van der Waals surface area contributed by atoms with Gasteiger partial charge in [0.15, 0.2) is 0 Å². The molecule has 132 valence electrons. The minimum absolute atomic E-state index is 0.0722. The number of rotatable bonds is 5. The van der Waals surface area contributed by atoms with Crippen LogP contribution in [0, 0.1) is 5.82 Å². The van der Waals surface area contributed by atoms with Gasteiger partial charge in [0.05, 0.1) is 13.3 Å². The van der Waals surface area contributed by atoms with Crippen molar-refractivity contribution < 1.29 is 13.9 Å². The third kappa shape index (κ3) is 4.43. The molecule has 0 aliphatic carbocycles. The van der Waals surface area contributed by atoms with E-state index in [9.17, 15) is 9.18 Å². The van der Waals surface area contributed by atoms with E-state index in [1.165, 1.54) is 19.2 Å². The molecule has 0 saturated carbocycles. The monoisotopic (exact) mass is 345 g/mol. The molecule has 2 heterocycles. The molecule has 1 aliphatic rings. The fourth-order valence-electron chi connectivity index (χ4n) is 2.66. The topological polar surface area (TPSA) is 87.3 Å². The average molecular weight is 345 g/mol. The zero-order valence-corrected chi connectivity index (χ0v) is 13.8. The number of methoxy groups -OCH3 is 1. The predicted octanol–water partition coefficient (Wildman–Crippen LogP) is 1.59. The van der Waals surface area contributed by atoms with Gasteiger partial charge in [-0.05, 0) is 35.9 Å². The van der Waals surface area contributed by atoms with Gasteiger partial charge in [-0.15, -0.1) is 0 Å². The molecule has 8 heteroatoms. The Morgan fingerprint density at radius 1 is 1.32 bits per heavy atom. The van der Waals surface area contributed by atoms with Gasteiger partial charge >= 0.3 is 6.03 Å². The van der Waals surface area contributed by atoms with Crippen LogP contribution in [0.4, 0.5) is 9.18 Å². The van der Waals surface area contributed by atoms with Crippen molar-refractivity contribution in [3.8, 4) is 5.75 Å². The zero-order valence-electron chi connectivity index (χ0n) is 13.8. The third-order valence-corrected chi connectivity index (χ3v) is 4.01. The molecule has 3 rings (SSSR count). The van der Waals surface area contributed by atoms with Crippen LogP contribution in [-0.4, -0.2) is 24.3 Å². The van der Waals surface area contributed by atoms with Gasteiger partial charge in [-0.25, -0.2) is 20.0 Å². The number of halogens is 1. The maximum atomic E-state index is 13.7. The number of amides is 2. The number of nitrogens with zero attached hydrogens (tertiary/aromatic N) is 1. The molecule has 0 bridgehead atoms. The standard InChI is InChI=1S/C17H20FN5O2/c1-25-13-2-3-14(18)12(8-13)10-20-17(24)21-16-9-15(22-23-16)11-4-6-19-7-5-11/h2-8,15-16,22-23H,9-10H2,1H3,(H2,20,21,24). The number of hydrogen-bond acceptors (Lipinski definition) is 5. The van der Waals surface area contributed by atoms with Crippen LogP contribution in [0.3, 0.4) is 0 Å². The van der Waals surface area contributed by atoms with Crippen LogP contribution < -0.4 is 26.2 Å². The molecule has 2 aromatic rings. The lowest BCUT2D eigenvalue weighted by atomic mass is 10.1. The first-order valence-electron chi connectivity index (χ1n) is 7.93. The SMILES string of the molecule is COc1ccc(F)c(CNC(=O)NC2CC(c3ccncc3)NN2)c1.